The third kappa shape index (κ3) is 3.71. The molecule has 4 rings (SSSR count). The van der Waals surface area contributed by atoms with Crippen LogP contribution in [0.5, 0.6) is 0 Å². The first kappa shape index (κ1) is 16.2. The number of imidazole rings is 1. The predicted molar refractivity (Wildman–Crippen MR) is 96.9 cm³/mol. The van der Waals surface area contributed by atoms with Crippen LogP contribution < -0.4 is 4.90 Å². The van der Waals surface area contributed by atoms with Gasteiger partial charge in [-0.25, -0.2) is 9.78 Å². The molecule has 1 N–H and O–H groups in total. The molecule has 0 saturated carbocycles. The van der Waals surface area contributed by atoms with Crippen molar-refractivity contribution in [2.75, 3.05) is 57.3 Å². The van der Waals surface area contributed by atoms with Gasteiger partial charge in [-0.2, -0.15) is 0 Å². The summed E-state index contributed by atoms with van der Waals surface area (Å²) in [5.41, 5.74) is 2.12. The largest absolute Gasteiger partial charge is 0.448 e. The van der Waals surface area contributed by atoms with Crippen molar-refractivity contribution in [3.8, 4) is 0 Å². The summed E-state index contributed by atoms with van der Waals surface area (Å²) in [4.78, 5) is 26.2. The van der Waals surface area contributed by atoms with Crippen molar-refractivity contribution in [3.63, 3.8) is 0 Å². The van der Waals surface area contributed by atoms with Gasteiger partial charge in [0.25, 0.3) is 0 Å². The number of nitrogens with one attached hydrogen (secondary N) is 1. The summed E-state index contributed by atoms with van der Waals surface area (Å²) >= 11 is 0. The number of nitrogens with zero attached hydrogens (tertiary/aromatic N) is 4. The number of anilines is 1. The minimum absolute atomic E-state index is 0.160. The lowest BCUT2D eigenvalue weighted by Gasteiger charge is -2.22. The Morgan fingerprint density at radius 2 is 2.00 bits per heavy atom. The number of aromatic nitrogens is 2. The van der Waals surface area contributed by atoms with Crippen LogP contribution >= 0.6 is 0 Å². The molecule has 0 aliphatic carbocycles. The van der Waals surface area contributed by atoms with Gasteiger partial charge in [0.15, 0.2) is 0 Å². The number of ether oxygens (including phenoxy) is 1. The molecular formula is C18H25N5O2. The summed E-state index contributed by atoms with van der Waals surface area (Å²) in [6.07, 6.45) is 1.97. The van der Waals surface area contributed by atoms with Gasteiger partial charge in [-0.05, 0) is 38.1 Å². The van der Waals surface area contributed by atoms with Gasteiger partial charge in [-0.15, -0.1) is 0 Å². The van der Waals surface area contributed by atoms with Gasteiger partial charge in [-0.1, -0.05) is 12.1 Å². The van der Waals surface area contributed by atoms with E-state index < -0.39 is 0 Å². The maximum atomic E-state index is 11.5. The third-order valence-corrected chi connectivity index (χ3v) is 5.01. The highest BCUT2D eigenvalue weighted by atomic mass is 16.6. The van der Waals surface area contributed by atoms with E-state index in [1.54, 1.807) is 4.90 Å². The molecule has 0 atom stereocenters. The number of benzene rings is 1. The smallest absolute Gasteiger partial charge is 0.409 e. The van der Waals surface area contributed by atoms with Crippen molar-refractivity contribution in [1.82, 2.24) is 19.8 Å². The summed E-state index contributed by atoms with van der Waals surface area (Å²) in [5, 5.41) is 0. The normalized spacial score (nSPS) is 19.4. The second kappa shape index (κ2) is 7.31. The highest BCUT2D eigenvalue weighted by Gasteiger charge is 2.22. The lowest BCUT2D eigenvalue weighted by atomic mass is 10.3. The number of aromatic amines is 1. The van der Waals surface area contributed by atoms with Gasteiger partial charge in [0.2, 0.25) is 5.95 Å². The zero-order valence-electron chi connectivity index (χ0n) is 14.5. The van der Waals surface area contributed by atoms with Crippen molar-refractivity contribution >= 4 is 23.1 Å². The number of H-pyrrole nitrogens is 1. The first-order valence-corrected chi connectivity index (χ1v) is 9.13. The van der Waals surface area contributed by atoms with Crippen LogP contribution in [0.25, 0.3) is 11.0 Å². The molecule has 2 aliphatic heterocycles. The van der Waals surface area contributed by atoms with Crippen LogP contribution in [0.1, 0.15) is 12.8 Å². The number of rotatable bonds is 5. The molecule has 1 aromatic heterocycles. The number of hydrogen-bond donors (Lipinski definition) is 1. The topological polar surface area (TPSA) is 64.7 Å². The maximum Gasteiger partial charge on any atom is 0.409 e. The van der Waals surface area contributed by atoms with Crippen LogP contribution in [0.3, 0.4) is 0 Å². The molecule has 0 unspecified atom stereocenters. The van der Waals surface area contributed by atoms with Gasteiger partial charge in [-0.3, -0.25) is 0 Å². The van der Waals surface area contributed by atoms with Crippen LogP contribution in [0.4, 0.5) is 10.7 Å². The van der Waals surface area contributed by atoms with Gasteiger partial charge in [0, 0.05) is 26.2 Å². The Morgan fingerprint density at radius 3 is 2.84 bits per heavy atom. The van der Waals surface area contributed by atoms with Gasteiger partial charge >= 0.3 is 6.09 Å². The molecule has 2 saturated heterocycles. The van der Waals surface area contributed by atoms with Crippen LogP contribution in [0.2, 0.25) is 0 Å². The average molecular weight is 343 g/mol. The number of hydrogen-bond acceptors (Lipinski definition) is 5. The molecule has 2 aromatic rings. The second-order valence-electron chi connectivity index (χ2n) is 6.71. The van der Waals surface area contributed by atoms with Crippen molar-refractivity contribution in [2.24, 2.45) is 0 Å². The molecule has 1 amide bonds. The summed E-state index contributed by atoms with van der Waals surface area (Å²) in [6, 6.07) is 8.17. The van der Waals surface area contributed by atoms with Crippen LogP contribution in [-0.4, -0.2) is 78.3 Å². The Labute approximate surface area is 147 Å². The van der Waals surface area contributed by atoms with Gasteiger partial charge < -0.3 is 24.4 Å². The van der Waals surface area contributed by atoms with Gasteiger partial charge in [0.05, 0.1) is 17.6 Å². The molecule has 25 heavy (non-hydrogen) atoms. The molecule has 0 spiro atoms. The Bertz CT molecular complexity index is 698. The predicted octanol–water partition coefficient (Wildman–Crippen LogP) is 1.92. The number of fused-ring (bicyclic) bond motifs is 1. The molecule has 7 heteroatoms. The summed E-state index contributed by atoms with van der Waals surface area (Å²) in [7, 11) is 0. The van der Waals surface area contributed by atoms with Crippen LogP contribution in [-0.2, 0) is 4.74 Å². The number of carbonyl (C=O) groups excluding carboxylic acids is 1. The van der Waals surface area contributed by atoms with E-state index in [2.05, 4.69) is 20.9 Å². The zero-order chi connectivity index (χ0) is 17.1. The first-order chi connectivity index (χ1) is 12.3. The van der Waals surface area contributed by atoms with E-state index in [9.17, 15) is 4.79 Å². The highest BCUT2D eigenvalue weighted by Crippen LogP contribution is 2.18. The Kier molecular flexibility index (Phi) is 4.74. The Morgan fingerprint density at radius 1 is 1.08 bits per heavy atom. The van der Waals surface area contributed by atoms with Crippen LogP contribution in [0, 0.1) is 0 Å². The SMILES string of the molecule is O=C1OCCN1CCCN1CCCN(c2nc3ccccc3[nH]2)CC1. The van der Waals surface area contributed by atoms with Gasteiger partial charge in [0.1, 0.15) is 6.61 Å². The van der Waals surface area contributed by atoms with E-state index >= 15 is 0 Å². The molecule has 0 bridgehead atoms. The quantitative estimate of drug-likeness (QED) is 0.898. The fourth-order valence-corrected chi connectivity index (χ4v) is 3.61. The number of cyclic esters (lactones) is 1. The lowest BCUT2D eigenvalue weighted by molar-refractivity contribution is 0.156. The zero-order valence-corrected chi connectivity index (χ0v) is 14.5. The van der Waals surface area contributed by atoms with Crippen LogP contribution in [0.15, 0.2) is 24.3 Å². The minimum Gasteiger partial charge on any atom is -0.448 e. The Balaban J connectivity index is 1.28. The van der Waals surface area contributed by atoms with Crippen molar-refractivity contribution in [3.05, 3.63) is 24.3 Å². The molecule has 0 radical (unpaired) electrons. The summed E-state index contributed by atoms with van der Waals surface area (Å²) in [6.45, 7) is 7.22. The fourth-order valence-electron chi connectivity index (χ4n) is 3.61. The van der Waals surface area contributed by atoms with E-state index in [0.29, 0.717) is 6.61 Å². The minimum atomic E-state index is -0.160. The van der Waals surface area contributed by atoms with E-state index in [-0.39, 0.29) is 6.09 Å². The standard InChI is InChI=1S/C18H25N5O2/c24-18-23(13-14-25-18)10-4-8-21-7-3-9-22(12-11-21)17-19-15-5-1-2-6-16(15)20-17/h1-2,5-6H,3-4,7-14H2,(H,19,20). The number of carbonyl (C=O) groups is 1. The Hall–Kier alpha value is -2.28. The average Bonchev–Trinajstić information content (AvgIpc) is 3.15. The van der Waals surface area contributed by atoms with Crippen molar-refractivity contribution in [2.45, 2.75) is 12.8 Å². The van der Waals surface area contributed by atoms with E-state index in [4.69, 9.17) is 9.72 Å². The molecular weight excluding hydrogens is 318 g/mol. The molecule has 3 heterocycles. The third-order valence-electron chi connectivity index (χ3n) is 5.01. The number of para-hydroxylation sites is 2. The molecule has 2 fully saturated rings. The van der Waals surface area contributed by atoms with E-state index in [0.717, 1.165) is 75.6 Å². The first-order valence-electron chi connectivity index (χ1n) is 9.13. The monoisotopic (exact) mass is 343 g/mol. The second-order valence-corrected chi connectivity index (χ2v) is 6.71. The van der Waals surface area contributed by atoms with E-state index in [1.807, 2.05) is 18.2 Å². The number of amides is 1. The molecule has 2 aliphatic rings. The lowest BCUT2D eigenvalue weighted by Crippen LogP contribution is -2.34. The van der Waals surface area contributed by atoms with E-state index in [1.165, 1.54) is 0 Å². The van der Waals surface area contributed by atoms with Crippen molar-refractivity contribution < 1.29 is 9.53 Å². The van der Waals surface area contributed by atoms with Crippen molar-refractivity contribution in [1.29, 1.82) is 0 Å². The maximum absolute atomic E-state index is 11.5. The highest BCUT2D eigenvalue weighted by molar-refractivity contribution is 5.77. The molecule has 7 nitrogen and oxygen atoms in total. The fraction of sp³-hybridized carbons (Fsp3) is 0.556. The molecule has 134 valence electrons. The molecule has 1 aromatic carbocycles. The summed E-state index contributed by atoms with van der Waals surface area (Å²) < 4.78 is 4.97. The summed E-state index contributed by atoms with van der Waals surface area (Å²) in [5.74, 6) is 0.975.